The highest BCUT2D eigenvalue weighted by Gasteiger charge is 2.25. The molecule has 0 amide bonds. The number of hydrogen-bond acceptors (Lipinski definition) is 5. The van der Waals surface area contributed by atoms with Gasteiger partial charge in [0.2, 0.25) is 0 Å². The number of nitrogens with two attached hydrogens (primary N) is 1. The fourth-order valence-electron chi connectivity index (χ4n) is 1.74. The van der Waals surface area contributed by atoms with E-state index in [-0.39, 0.29) is 24.1 Å². The lowest BCUT2D eigenvalue weighted by molar-refractivity contribution is -0.385. The number of nitro benzene ring substituents is 1. The monoisotopic (exact) mass is 260 g/mol. The second-order valence-corrected chi connectivity index (χ2v) is 3.57. The molecule has 1 aromatic carbocycles. The van der Waals surface area contributed by atoms with Crippen LogP contribution in [0.3, 0.4) is 0 Å². The first kappa shape index (κ1) is 13.5. The van der Waals surface area contributed by atoms with Gasteiger partial charge in [-0.1, -0.05) is 0 Å². The molecule has 2 N–H and O–H groups in total. The maximum Gasteiger partial charge on any atom is 0.273 e. The van der Waals surface area contributed by atoms with Gasteiger partial charge in [0.05, 0.1) is 24.7 Å². The number of nitrogens with zero attached hydrogens (tertiary/aromatic N) is 1. The van der Waals surface area contributed by atoms with Gasteiger partial charge in [0.1, 0.15) is 0 Å². The van der Waals surface area contributed by atoms with Gasteiger partial charge in [0, 0.05) is 24.1 Å². The lowest BCUT2D eigenvalue weighted by atomic mass is 10.0. The van der Waals surface area contributed by atoms with Crippen LogP contribution < -0.4 is 15.2 Å². The number of fused-ring (bicyclic) bond motifs is 1. The van der Waals surface area contributed by atoms with Gasteiger partial charge in [-0.05, 0) is 0 Å². The van der Waals surface area contributed by atoms with Crippen molar-refractivity contribution >= 4 is 18.1 Å². The van der Waals surface area contributed by atoms with Gasteiger partial charge >= 0.3 is 0 Å². The van der Waals surface area contributed by atoms with E-state index in [4.69, 9.17) is 15.2 Å². The van der Waals surface area contributed by atoms with Crippen LogP contribution in [0.5, 0.6) is 11.5 Å². The second kappa shape index (κ2) is 5.20. The minimum absolute atomic E-state index is 0. The molecule has 0 unspecified atom stereocenters. The molecule has 7 heteroatoms. The number of hydrogen-bond donors (Lipinski definition) is 1. The highest BCUT2D eigenvalue weighted by Crippen LogP contribution is 2.41. The van der Waals surface area contributed by atoms with Crippen molar-refractivity contribution in [1.82, 2.24) is 0 Å². The fourth-order valence-corrected chi connectivity index (χ4v) is 1.74. The third-order valence-electron chi connectivity index (χ3n) is 2.57. The summed E-state index contributed by atoms with van der Waals surface area (Å²) in [6.45, 7) is 0.502. The summed E-state index contributed by atoms with van der Waals surface area (Å²) >= 11 is 0. The molecule has 0 saturated heterocycles. The quantitative estimate of drug-likeness (QED) is 0.647. The second-order valence-electron chi connectivity index (χ2n) is 3.57. The molecule has 2 rings (SSSR count). The first-order chi connectivity index (χ1) is 7.63. The molecule has 0 aliphatic carbocycles. The van der Waals surface area contributed by atoms with E-state index >= 15 is 0 Å². The Bertz CT molecular complexity index is 439. The third-order valence-corrected chi connectivity index (χ3v) is 2.57. The van der Waals surface area contributed by atoms with Crippen LogP contribution >= 0.6 is 12.4 Å². The van der Waals surface area contributed by atoms with Crippen molar-refractivity contribution in [3.63, 3.8) is 0 Å². The minimum atomic E-state index is -0.468. The molecule has 6 nitrogen and oxygen atoms in total. The molecule has 0 saturated carbocycles. The highest BCUT2D eigenvalue weighted by atomic mass is 35.5. The average Bonchev–Trinajstić information content (AvgIpc) is 2.28. The maximum absolute atomic E-state index is 10.7. The number of benzene rings is 1. The van der Waals surface area contributed by atoms with Crippen LogP contribution in [0.25, 0.3) is 0 Å². The number of ether oxygens (including phenoxy) is 2. The van der Waals surface area contributed by atoms with E-state index in [0.29, 0.717) is 30.1 Å². The molecule has 1 aromatic rings. The lowest BCUT2D eigenvalue weighted by Gasteiger charge is -2.24. The molecule has 94 valence electrons. The Morgan fingerprint density at radius 2 is 2.29 bits per heavy atom. The van der Waals surface area contributed by atoms with Crippen LogP contribution in [0.1, 0.15) is 18.0 Å². The van der Waals surface area contributed by atoms with E-state index in [1.165, 1.54) is 19.2 Å². The SMILES string of the molecule is COc1cc([N+](=O)[O-])cc2c1OCC[C@H]2N.Cl. The molecule has 1 atom stereocenters. The Labute approximate surface area is 104 Å². The van der Waals surface area contributed by atoms with Gasteiger partial charge in [-0.3, -0.25) is 10.1 Å². The summed E-state index contributed by atoms with van der Waals surface area (Å²) in [6, 6.07) is 2.55. The topological polar surface area (TPSA) is 87.6 Å². The molecule has 0 radical (unpaired) electrons. The van der Waals surface area contributed by atoms with E-state index in [0.717, 1.165) is 0 Å². The average molecular weight is 261 g/mol. The number of non-ortho nitro benzene ring substituents is 1. The van der Waals surface area contributed by atoms with Crippen LogP contribution in [0.15, 0.2) is 12.1 Å². The number of halogens is 1. The number of nitro groups is 1. The van der Waals surface area contributed by atoms with E-state index in [1.807, 2.05) is 0 Å². The number of methoxy groups -OCH3 is 1. The van der Waals surface area contributed by atoms with E-state index < -0.39 is 4.92 Å². The van der Waals surface area contributed by atoms with Crippen LogP contribution in [-0.2, 0) is 0 Å². The maximum atomic E-state index is 10.7. The van der Waals surface area contributed by atoms with Crippen LogP contribution in [-0.4, -0.2) is 18.6 Å². The molecule has 17 heavy (non-hydrogen) atoms. The predicted octanol–water partition coefficient (Wildman–Crippen LogP) is 1.81. The van der Waals surface area contributed by atoms with Crippen molar-refractivity contribution in [2.75, 3.05) is 13.7 Å². The molecule has 1 heterocycles. The molecule has 0 aromatic heterocycles. The summed E-state index contributed by atoms with van der Waals surface area (Å²) in [4.78, 5) is 10.3. The Balaban J connectivity index is 0.00000144. The molecule has 1 aliphatic heterocycles. The Morgan fingerprint density at radius 1 is 1.59 bits per heavy atom. The van der Waals surface area contributed by atoms with Crippen molar-refractivity contribution in [3.8, 4) is 11.5 Å². The zero-order valence-electron chi connectivity index (χ0n) is 9.21. The van der Waals surface area contributed by atoms with Gasteiger partial charge in [-0.2, -0.15) is 0 Å². The summed E-state index contributed by atoms with van der Waals surface area (Å²) in [5.41, 5.74) is 6.49. The molecule has 0 spiro atoms. The van der Waals surface area contributed by atoms with Gasteiger partial charge in [-0.15, -0.1) is 12.4 Å². The summed E-state index contributed by atoms with van der Waals surface area (Å²) in [5.74, 6) is 0.881. The largest absolute Gasteiger partial charge is 0.493 e. The third kappa shape index (κ3) is 2.42. The van der Waals surface area contributed by atoms with Crippen molar-refractivity contribution in [2.24, 2.45) is 5.73 Å². The summed E-state index contributed by atoms with van der Waals surface area (Å²) in [6.07, 6.45) is 0.650. The highest BCUT2D eigenvalue weighted by molar-refractivity contribution is 5.85. The van der Waals surface area contributed by atoms with E-state index in [2.05, 4.69) is 0 Å². The Morgan fingerprint density at radius 3 is 2.88 bits per heavy atom. The van der Waals surface area contributed by atoms with Gasteiger partial charge in [-0.25, -0.2) is 0 Å². The predicted molar refractivity (Wildman–Crippen MR) is 63.9 cm³/mol. The smallest absolute Gasteiger partial charge is 0.273 e. The normalized spacial score (nSPS) is 17.4. The first-order valence-corrected chi connectivity index (χ1v) is 4.88. The Kier molecular flexibility index (Phi) is 4.14. The van der Waals surface area contributed by atoms with Crippen molar-refractivity contribution in [1.29, 1.82) is 0 Å². The van der Waals surface area contributed by atoms with Gasteiger partial charge in [0.15, 0.2) is 11.5 Å². The minimum Gasteiger partial charge on any atom is -0.493 e. The molecule has 1 aliphatic rings. The van der Waals surface area contributed by atoms with Crippen molar-refractivity contribution in [3.05, 3.63) is 27.8 Å². The Hall–Kier alpha value is -1.53. The van der Waals surface area contributed by atoms with Gasteiger partial charge in [0.25, 0.3) is 5.69 Å². The van der Waals surface area contributed by atoms with E-state index in [9.17, 15) is 10.1 Å². The molecular weight excluding hydrogens is 248 g/mol. The first-order valence-electron chi connectivity index (χ1n) is 4.88. The zero-order valence-corrected chi connectivity index (χ0v) is 10.0. The van der Waals surface area contributed by atoms with Crippen molar-refractivity contribution < 1.29 is 14.4 Å². The van der Waals surface area contributed by atoms with E-state index in [1.54, 1.807) is 0 Å². The fraction of sp³-hybridized carbons (Fsp3) is 0.400. The molecular formula is C10H13ClN2O4. The standard InChI is InChI=1S/C10H12N2O4.ClH/c1-15-9-5-6(12(13)14)4-7-8(11)2-3-16-10(7)9;/h4-5,8H,2-3,11H2,1H3;1H/t8-;/m1./s1. The lowest BCUT2D eigenvalue weighted by Crippen LogP contribution is -2.21. The summed E-state index contributed by atoms with van der Waals surface area (Å²) < 4.78 is 10.5. The molecule has 0 bridgehead atoms. The van der Waals surface area contributed by atoms with Gasteiger partial charge < -0.3 is 15.2 Å². The molecule has 0 fully saturated rings. The van der Waals surface area contributed by atoms with Crippen LogP contribution in [0, 0.1) is 10.1 Å². The number of rotatable bonds is 2. The summed E-state index contributed by atoms with van der Waals surface area (Å²) in [5, 5.41) is 10.7. The van der Waals surface area contributed by atoms with Crippen LogP contribution in [0.2, 0.25) is 0 Å². The summed E-state index contributed by atoms with van der Waals surface area (Å²) in [7, 11) is 1.45. The zero-order chi connectivity index (χ0) is 11.7. The van der Waals surface area contributed by atoms with Crippen LogP contribution in [0.4, 0.5) is 5.69 Å². The van der Waals surface area contributed by atoms with Crippen molar-refractivity contribution in [2.45, 2.75) is 12.5 Å².